The molecular weight excluding hydrogens is 200 g/mol. The van der Waals surface area contributed by atoms with Gasteiger partial charge in [0.1, 0.15) is 0 Å². The molecule has 0 radical (unpaired) electrons. The van der Waals surface area contributed by atoms with E-state index in [0.717, 1.165) is 6.04 Å². The first-order chi connectivity index (χ1) is 6.97. The smallest absolute Gasteiger partial charge is 0.202 e. The molecule has 0 aliphatic rings. The molecule has 2 N–H and O–H groups in total. The Labute approximate surface area is 96.7 Å². The predicted molar refractivity (Wildman–Crippen MR) is 72.4 cm³/mol. The lowest BCUT2D eigenvalue weighted by Crippen LogP contribution is -2.64. The summed E-state index contributed by atoms with van der Waals surface area (Å²) in [5, 5.41) is 0. The first kappa shape index (κ1) is 14.9. The first-order valence-corrected chi connectivity index (χ1v) is 8.84. The molecule has 0 saturated heterocycles. The molecule has 0 saturated carbocycles. The minimum absolute atomic E-state index is 0.596. The minimum Gasteiger partial charge on any atom is -0.323 e. The molecule has 15 heavy (non-hydrogen) atoms. The van der Waals surface area contributed by atoms with Crippen molar-refractivity contribution in [3.63, 3.8) is 0 Å². The third-order valence-electron chi connectivity index (χ3n) is 2.91. The molecule has 0 aromatic heterocycles. The van der Waals surface area contributed by atoms with Crippen molar-refractivity contribution in [2.45, 2.75) is 65.2 Å². The lowest BCUT2D eigenvalue weighted by molar-refractivity contribution is 0.587. The van der Waals surface area contributed by atoms with Crippen LogP contribution in [-0.2, 0) is 0 Å². The summed E-state index contributed by atoms with van der Waals surface area (Å²) in [6, 6.07) is 2.28. The summed E-state index contributed by atoms with van der Waals surface area (Å²) in [7, 11) is -1.54. The molecule has 0 bridgehead atoms. The summed E-state index contributed by atoms with van der Waals surface area (Å²) < 4.78 is 0. The molecular formula is C12H28N2Si. The van der Waals surface area contributed by atoms with Gasteiger partial charge in [0.15, 0.2) is 0 Å². The Morgan fingerprint density at radius 2 is 1.53 bits per heavy atom. The van der Waals surface area contributed by atoms with Gasteiger partial charge in [-0.15, -0.1) is 6.58 Å². The van der Waals surface area contributed by atoms with Gasteiger partial charge in [-0.25, -0.2) is 0 Å². The molecule has 2 nitrogen and oxygen atoms in total. The molecule has 0 amide bonds. The number of allylic oxidation sites excluding steroid dienone is 1. The van der Waals surface area contributed by atoms with E-state index < -0.39 is 8.40 Å². The second-order valence-corrected chi connectivity index (χ2v) is 8.38. The highest BCUT2D eigenvalue weighted by Crippen LogP contribution is 2.08. The summed E-state index contributed by atoms with van der Waals surface area (Å²) in [5.74, 6) is 0. The average molecular weight is 228 g/mol. The van der Waals surface area contributed by atoms with Crippen LogP contribution in [0.5, 0.6) is 0 Å². The maximum atomic E-state index is 3.87. The molecule has 0 rings (SSSR count). The van der Waals surface area contributed by atoms with Gasteiger partial charge in [-0.1, -0.05) is 33.8 Å². The maximum Gasteiger partial charge on any atom is 0.202 e. The topological polar surface area (TPSA) is 24.1 Å². The second-order valence-electron chi connectivity index (χ2n) is 4.73. The lowest BCUT2D eigenvalue weighted by atomic mass is 10.3. The van der Waals surface area contributed by atoms with Crippen LogP contribution < -0.4 is 9.96 Å². The van der Waals surface area contributed by atoms with Crippen LogP contribution in [0.15, 0.2) is 12.7 Å². The van der Waals surface area contributed by atoms with Crippen molar-refractivity contribution in [1.29, 1.82) is 0 Å². The molecule has 0 spiro atoms. The summed E-state index contributed by atoms with van der Waals surface area (Å²) in [5.41, 5.74) is 0. The lowest BCUT2D eigenvalue weighted by Gasteiger charge is -2.34. The molecule has 0 aromatic carbocycles. The standard InChI is InChI=1S/C12H28N2Si/c1-7-10-15(6,13-11(4)8-2)14-12(5)9-3/h7,11-14H,1,8-10H2,2-6H3. The van der Waals surface area contributed by atoms with Gasteiger partial charge in [-0.05, 0) is 37.5 Å². The fourth-order valence-corrected chi connectivity index (χ4v) is 5.22. The van der Waals surface area contributed by atoms with E-state index >= 15 is 0 Å². The highest BCUT2D eigenvalue weighted by molar-refractivity contribution is 6.74. The van der Waals surface area contributed by atoms with Crippen LogP contribution in [0, 0.1) is 0 Å². The molecule has 0 aliphatic heterocycles. The van der Waals surface area contributed by atoms with Crippen LogP contribution in [0.1, 0.15) is 40.5 Å². The van der Waals surface area contributed by atoms with Crippen LogP contribution in [0.2, 0.25) is 12.6 Å². The zero-order chi connectivity index (χ0) is 11.9. The third kappa shape index (κ3) is 6.13. The maximum absolute atomic E-state index is 3.87. The van der Waals surface area contributed by atoms with E-state index in [1.165, 1.54) is 12.8 Å². The third-order valence-corrected chi connectivity index (χ3v) is 6.27. The van der Waals surface area contributed by atoms with E-state index in [2.05, 4.69) is 50.8 Å². The second kappa shape index (κ2) is 7.20. The number of rotatable bonds is 8. The number of hydrogen-bond acceptors (Lipinski definition) is 2. The van der Waals surface area contributed by atoms with Gasteiger partial charge in [-0.3, -0.25) is 0 Å². The quantitative estimate of drug-likeness (QED) is 0.493. The van der Waals surface area contributed by atoms with Crippen molar-refractivity contribution in [3.8, 4) is 0 Å². The molecule has 0 fully saturated rings. The van der Waals surface area contributed by atoms with Gasteiger partial charge in [0.25, 0.3) is 0 Å². The highest BCUT2D eigenvalue weighted by Gasteiger charge is 2.28. The van der Waals surface area contributed by atoms with Crippen molar-refractivity contribution < 1.29 is 0 Å². The summed E-state index contributed by atoms with van der Waals surface area (Å²) in [6.07, 6.45) is 4.40. The van der Waals surface area contributed by atoms with Crippen molar-refractivity contribution in [2.24, 2.45) is 0 Å². The SMILES string of the molecule is C=CC[Si](C)(NC(C)CC)NC(C)CC. The molecule has 90 valence electrons. The van der Waals surface area contributed by atoms with Gasteiger partial charge < -0.3 is 9.96 Å². The zero-order valence-corrected chi connectivity index (χ0v) is 12.1. The van der Waals surface area contributed by atoms with E-state index in [0.29, 0.717) is 12.1 Å². The molecule has 2 unspecified atom stereocenters. The average Bonchev–Trinajstić information content (AvgIpc) is 2.17. The van der Waals surface area contributed by atoms with Crippen molar-refractivity contribution in [3.05, 3.63) is 12.7 Å². The van der Waals surface area contributed by atoms with Crippen LogP contribution in [0.4, 0.5) is 0 Å². The fourth-order valence-electron chi connectivity index (χ4n) is 1.74. The van der Waals surface area contributed by atoms with E-state index in [1.54, 1.807) is 0 Å². The van der Waals surface area contributed by atoms with Crippen molar-refractivity contribution in [2.75, 3.05) is 0 Å². The van der Waals surface area contributed by atoms with Gasteiger partial charge in [-0.2, -0.15) is 0 Å². The monoisotopic (exact) mass is 228 g/mol. The van der Waals surface area contributed by atoms with Gasteiger partial charge in [0, 0.05) is 0 Å². The molecule has 0 heterocycles. The molecule has 0 aromatic rings. The Morgan fingerprint density at radius 1 is 1.13 bits per heavy atom. The highest BCUT2D eigenvalue weighted by atomic mass is 28.3. The molecule has 0 aliphatic carbocycles. The molecule has 2 atom stereocenters. The Kier molecular flexibility index (Phi) is 7.14. The number of hydrogen-bond donors (Lipinski definition) is 2. The van der Waals surface area contributed by atoms with Crippen molar-refractivity contribution >= 4 is 8.40 Å². The number of nitrogens with one attached hydrogen (secondary N) is 2. The van der Waals surface area contributed by atoms with Crippen LogP contribution in [0.3, 0.4) is 0 Å². The van der Waals surface area contributed by atoms with Gasteiger partial charge in [0.05, 0.1) is 0 Å². The minimum atomic E-state index is -1.54. The summed E-state index contributed by atoms with van der Waals surface area (Å²) >= 11 is 0. The van der Waals surface area contributed by atoms with Crippen molar-refractivity contribution in [1.82, 2.24) is 9.96 Å². The van der Waals surface area contributed by atoms with E-state index in [4.69, 9.17) is 0 Å². The van der Waals surface area contributed by atoms with E-state index in [-0.39, 0.29) is 0 Å². The largest absolute Gasteiger partial charge is 0.323 e. The molecule has 3 heteroatoms. The predicted octanol–water partition coefficient (Wildman–Crippen LogP) is 3.02. The van der Waals surface area contributed by atoms with Crippen LogP contribution in [0.25, 0.3) is 0 Å². The normalized spacial score (nSPS) is 19.3. The first-order valence-electron chi connectivity index (χ1n) is 6.13. The summed E-state index contributed by atoms with van der Waals surface area (Å²) in [4.78, 5) is 7.53. The van der Waals surface area contributed by atoms with E-state index in [1.807, 2.05) is 6.08 Å². The Hall–Kier alpha value is -0.123. The van der Waals surface area contributed by atoms with Crippen LogP contribution >= 0.6 is 0 Å². The van der Waals surface area contributed by atoms with Crippen LogP contribution in [-0.4, -0.2) is 20.5 Å². The van der Waals surface area contributed by atoms with Gasteiger partial charge >= 0.3 is 0 Å². The Morgan fingerprint density at radius 3 is 1.80 bits per heavy atom. The zero-order valence-electron chi connectivity index (χ0n) is 11.1. The Balaban J connectivity index is 4.36. The van der Waals surface area contributed by atoms with Gasteiger partial charge in [0.2, 0.25) is 8.40 Å². The fraction of sp³-hybridized carbons (Fsp3) is 0.833. The van der Waals surface area contributed by atoms with E-state index in [9.17, 15) is 0 Å². The Bertz CT molecular complexity index is 170. The summed E-state index contributed by atoms with van der Waals surface area (Å²) in [6.45, 7) is 15.2.